The molecule has 0 aliphatic carbocycles. The molecule has 28 heavy (non-hydrogen) atoms. The first-order valence-electron chi connectivity index (χ1n) is 8.29. The van der Waals surface area contributed by atoms with Crippen molar-refractivity contribution < 1.29 is 8.42 Å². The van der Waals surface area contributed by atoms with Crippen molar-refractivity contribution in [3.8, 4) is 0 Å². The molecule has 0 bridgehead atoms. The number of aryl methyl sites for hydroxylation is 1. The fourth-order valence-corrected chi connectivity index (χ4v) is 3.39. The van der Waals surface area contributed by atoms with Gasteiger partial charge in [0, 0.05) is 11.6 Å². The monoisotopic (exact) mass is 418 g/mol. The van der Waals surface area contributed by atoms with E-state index in [0.717, 1.165) is 11.1 Å². The van der Waals surface area contributed by atoms with Crippen molar-refractivity contribution in [2.45, 2.75) is 18.4 Å². The van der Waals surface area contributed by atoms with Gasteiger partial charge in [0.1, 0.15) is 12.0 Å². The van der Waals surface area contributed by atoms with E-state index in [-0.39, 0.29) is 16.4 Å². The summed E-state index contributed by atoms with van der Waals surface area (Å²) >= 11 is 6.14. The van der Waals surface area contributed by atoms with Crippen LogP contribution in [0, 0.1) is 6.92 Å². The van der Waals surface area contributed by atoms with Gasteiger partial charge in [-0.15, -0.1) is 4.83 Å². The summed E-state index contributed by atoms with van der Waals surface area (Å²) in [5, 5.41) is 3.69. The van der Waals surface area contributed by atoms with Gasteiger partial charge in [0.05, 0.1) is 4.90 Å². The Balaban J connectivity index is 1.70. The standard InChI is InChI=1S/C18H19ClN6O2S/c1-12-6-8-14(9-7-12)28(26,27)25-24-18-16(20)17(22-11-23-18)21-10-13-4-2-3-5-15(13)19/h2-9,11,25H,10,20H2,1H3,(H2,21,22,23,24). The van der Waals surface area contributed by atoms with Crippen LogP contribution >= 0.6 is 11.6 Å². The Kier molecular flexibility index (Phi) is 5.98. The lowest BCUT2D eigenvalue weighted by Gasteiger charge is -2.14. The molecule has 1 heterocycles. The molecule has 3 aromatic rings. The number of halogens is 1. The Bertz CT molecular complexity index is 1070. The first-order valence-corrected chi connectivity index (χ1v) is 10.1. The molecule has 3 rings (SSSR count). The van der Waals surface area contributed by atoms with Gasteiger partial charge in [-0.1, -0.05) is 47.5 Å². The molecule has 0 saturated heterocycles. The van der Waals surface area contributed by atoms with E-state index in [4.69, 9.17) is 17.3 Å². The number of nitrogens with one attached hydrogen (secondary N) is 3. The zero-order chi connectivity index (χ0) is 20.1. The molecule has 0 fully saturated rings. The van der Waals surface area contributed by atoms with E-state index in [1.165, 1.54) is 18.5 Å². The number of hydrogen-bond donors (Lipinski definition) is 4. The predicted molar refractivity (Wildman–Crippen MR) is 110 cm³/mol. The summed E-state index contributed by atoms with van der Waals surface area (Å²) in [5.74, 6) is 0.485. The molecule has 0 saturated carbocycles. The van der Waals surface area contributed by atoms with Crippen molar-refractivity contribution in [1.29, 1.82) is 0 Å². The molecular weight excluding hydrogens is 400 g/mol. The summed E-state index contributed by atoms with van der Waals surface area (Å²) in [4.78, 5) is 10.5. The Morgan fingerprint density at radius 2 is 1.71 bits per heavy atom. The van der Waals surface area contributed by atoms with Crippen LogP contribution in [0.1, 0.15) is 11.1 Å². The number of benzene rings is 2. The molecule has 2 aromatic carbocycles. The fraction of sp³-hybridized carbons (Fsp3) is 0.111. The van der Waals surface area contributed by atoms with Crippen LogP contribution in [0.25, 0.3) is 0 Å². The van der Waals surface area contributed by atoms with E-state index in [2.05, 4.69) is 25.5 Å². The third-order valence-corrected chi connectivity index (χ3v) is 5.56. The smallest absolute Gasteiger partial charge is 0.257 e. The summed E-state index contributed by atoms with van der Waals surface area (Å²) in [6, 6.07) is 13.8. The number of aromatic nitrogens is 2. The van der Waals surface area contributed by atoms with Crippen LogP contribution in [0.3, 0.4) is 0 Å². The second kappa shape index (κ2) is 8.42. The van der Waals surface area contributed by atoms with E-state index in [0.29, 0.717) is 17.4 Å². The molecule has 0 aliphatic heterocycles. The number of anilines is 3. The first-order chi connectivity index (χ1) is 13.4. The van der Waals surface area contributed by atoms with E-state index < -0.39 is 10.0 Å². The molecule has 8 nitrogen and oxygen atoms in total. The molecule has 1 aromatic heterocycles. The maximum Gasteiger partial charge on any atom is 0.257 e. The number of hydrogen-bond acceptors (Lipinski definition) is 7. The molecule has 0 unspecified atom stereocenters. The summed E-state index contributed by atoms with van der Waals surface area (Å²) in [5.41, 5.74) is 10.6. The number of hydrazine groups is 1. The maximum atomic E-state index is 12.4. The van der Waals surface area contributed by atoms with Gasteiger partial charge in [-0.25, -0.2) is 18.4 Å². The van der Waals surface area contributed by atoms with Gasteiger partial charge in [0.2, 0.25) is 0 Å². The minimum atomic E-state index is -3.78. The Morgan fingerprint density at radius 1 is 1.04 bits per heavy atom. The van der Waals surface area contributed by atoms with Gasteiger partial charge in [-0.2, -0.15) is 0 Å². The Morgan fingerprint density at radius 3 is 2.43 bits per heavy atom. The number of nitrogen functional groups attached to an aromatic ring is 1. The normalized spacial score (nSPS) is 11.2. The number of nitrogens with zero attached hydrogens (tertiary/aromatic N) is 2. The second-order valence-corrected chi connectivity index (χ2v) is 8.06. The maximum absolute atomic E-state index is 12.4. The third-order valence-electron chi connectivity index (χ3n) is 3.92. The fourth-order valence-electron chi connectivity index (χ4n) is 2.35. The molecule has 0 spiro atoms. The number of sulfonamides is 1. The minimum absolute atomic E-state index is 0.121. The average molecular weight is 419 g/mol. The van der Waals surface area contributed by atoms with E-state index >= 15 is 0 Å². The van der Waals surface area contributed by atoms with Crippen molar-refractivity contribution in [3.63, 3.8) is 0 Å². The lowest BCUT2D eigenvalue weighted by atomic mass is 10.2. The van der Waals surface area contributed by atoms with Crippen molar-refractivity contribution in [2.24, 2.45) is 0 Å². The van der Waals surface area contributed by atoms with Crippen molar-refractivity contribution in [2.75, 3.05) is 16.5 Å². The van der Waals surface area contributed by atoms with Crippen LogP contribution in [0.5, 0.6) is 0 Å². The molecule has 0 aliphatic rings. The second-order valence-electron chi connectivity index (χ2n) is 5.97. The van der Waals surface area contributed by atoms with Crippen LogP contribution in [0.15, 0.2) is 59.8 Å². The third kappa shape index (κ3) is 4.69. The van der Waals surface area contributed by atoms with E-state index in [1.54, 1.807) is 18.2 Å². The van der Waals surface area contributed by atoms with Gasteiger partial charge in [-0.05, 0) is 30.7 Å². The molecule has 0 radical (unpaired) electrons. The molecule has 5 N–H and O–H groups in total. The van der Waals surface area contributed by atoms with Gasteiger partial charge in [0.15, 0.2) is 11.6 Å². The molecule has 10 heteroatoms. The molecule has 0 atom stereocenters. The summed E-state index contributed by atoms with van der Waals surface area (Å²) in [7, 11) is -3.78. The summed E-state index contributed by atoms with van der Waals surface area (Å²) in [6.45, 7) is 2.27. The van der Waals surface area contributed by atoms with Crippen LogP contribution in [0.2, 0.25) is 5.02 Å². The van der Waals surface area contributed by atoms with Crippen LogP contribution in [0.4, 0.5) is 17.3 Å². The highest BCUT2D eigenvalue weighted by Gasteiger charge is 2.15. The van der Waals surface area contributed by atoms with Gasteiger partial charge in [-0.3, -0.25) is 5.43 Å². The van der Waals surface area contributed by atoms with Crippen molar-refractivity contribution in [3.05, 3.63) is 71.0 Å². The zero-order valence-corrected chi connectivity index (χ0v) is 16.6. The van der Waals surface area contributed by atoms with E-state index in [1.807, 2.05) is 25.1 Å². The Hall–Kier alpha value is -2.88. The highest BCUT2D eigenvalue weighted by atomic mass is 35.5. The Labute approximate surface area is 168 Å². The largest absolute Gasteiger partial charge is 0.393 e. The molecule has 146 valence electrons. The van der Waals surface area contributed by atoms with Crippen LogP contribution in [-0.2, 0) is 16.6 Å². The zero-order valence-electron chi connectivity index (χ0n) is 15.0. The number of rotatable bonds is 7. The summed E-state index contributed by atoms with van der Waals surface area (Å²) in [6.07, 6.45) is 1.27. The van der Waals surface area contributed by atoms with Crippen LogP contribution in [-0.4, -0.2) is 18.4 Å². The number of nitrogens with two attached hydrogens (primary N) is 1. The first kappa shape index (κ1) is 19.9. The van der Waals surface area contributed by atoms with Gasteiger partial charge in [0.25, 0.3) is 10.0 Å². The average Bonchev–Trinajstić information content (AvgIpc) is 2.68. The van der Waals surface area contributed by atoms with Crippen molar-refractivity contribution in [1.82, 2.24) is 14.8 Å². The molecular formula is C18H19ClN6O2S. The minimum Gasteiger partial charge on any atom is -0.393 e. The van der Waals surface area contributed by atoms with E-state index in [9.17, 15) is 8.42 Å². The highest BCUT2D eigenvalue weighted by molar-refractivity contribution is 7.89. The van der Waals surface area contributed by atoms with Gasteiger partial charge < -0.3 is 11.1 Å². The SMILES string of the molecule is Cc1ccc(S(=O)(=O)NNc2ncnc(NCc3ccccc3Cl)c2N)cc1. The summed E-state index contributed by atoms with van der Waals surface area (Å²) < 4.78 is 24.7. The lowest BCUT2D eigenvalue weighted by molar-refractivity contribution is 0.587. The van der Waals surface area contributed by atoms with Crippen molar-refractivity contribution >= 4 is 38.9 Å². The molecule has 0 amide bonds. The topological polar surface area (TPSA) is 122 Å². The van der Waals surface area contributed by atoms with Gasteiger partial charge >= 0.3 is 0 Å². The quantitative estimate of drug-likeness (QED) is 0.435. The predicted octanol–water partition coefficient (Wildman–Crippen LogP) is 2.94. The highest BCUT2D eigenvalue weighted by Crippen LogP contribution is 2.24. The van der Waals surface area contributed by atoms with Crippen LogP contribution < -0.4 is 21.3 Å². The lowest BCUT2D eigenvalue weighted by Crippen LogP contribution is -2.30.